The van der Waals surface area contributed by atoms with Gasteiger partial charge in [-0.15, -0.1) is 0 Å². The zero-order valence-corrected chi connectivity index (χ0v) is 10.1. The van der Waals surface area contributed by atoms with Gasteiger partial charge >= 0.3 is 0 Å². The van der Waals surface area contributed by atoms with Gasteiger partial charge in [-0.1, -0.05) is 0 Å². The summed E-state index contributed by atoms with van der Waals surface area (Å²) in [6, 6.07) is 3.70. The van der Waals surface area contributed by atoms with Crippen molar-refractivity contribution >= 4 is 27.3 Å². The molecule has 84 valence electrons. The molecule has 5 heteroatoms. The number of halogens is 1. The topological polar surface area (TPSA) is 78.5 Å². The molecule has 15 heavy (non-hydrogen) atoms. The maximum atomic E-state index is 9.18. The van der Waals surface area contributed by atoms with Gasteiger partial charge in [0.2, 0.25) is 0 Å². The predicted octanol–water partition coefficient (Wildman–Crippen LogP) is 1.10. The summed E-state index contributed by atoms with van der Waals surface area (Å²) < 4.78 is 0.843. The van der Waals surface area contributed by atoms with Crippen molar-refractivity contribution < 1.29 is 10.2 Å². The van der Waals surface area contributed by atoms with E-state index in [1.807, 2.05) is 19.1 Å². The number of hydrogen-bond donors (Lipinski definition) is 4. The fraction of sp³-hybridized carbons (Fsp3) is 0.400. The predicted molar refractivity (Wildman–Crippen MR) is 64.9 cm³/mol. The Morgan fingerprint density at radius 2 is 2.20 bits per heavy atom. The Labute approximate surface area is 97.2 Å². The van der Waals surface area contributed by atoms with E-state index in [1.165, 1.54) is 0 Å². The summed E-state index contributed by atoms with van der Waals surface area (Å²) in [5.74, 6) is 0. The van der Waals surface area contributed by atoms with E-state index >= 15 is 0 Å². The average Bonchev–Trinajstić information content (AvgIpc) is 2.21. The Kier molecular flexibility index (Phi) is 4.38. The largest absolute Gasteiger partial charge is 0.398 e. The lowest BCUT2D eigenvalue weighted by atomic mass is 10.2. The highest BCUT2D eigenvalue weighted by Crippen LogP contribution is 2.27. The number of aliphatic hydroxyl groups excluding tert-OH is 2. The van der Waals surface area contributed by atoms with Gasteiger partial charge in [0.25, 0.3) is 0 Å². The minimum absolute atomic E-state index is 0.251. The van der Waals surface area contributed by atoms with Gasteiger partial charge in [0, 0.05) is 22.4 Å². The quantitative estimate of drug-likeness (QED) is 0.621. The Morgan fingerprint density at radius 3 is 2.80 bits per heavy atom. The third-order valence-electron chi connectivity index (χ3n) is 2.09. The van der Waals surface area contributed by atoms with Crippen molar-refractivity contribution in [2.45, 2.75) is 13.0 Å². The Bertz CT molecular complexity index is 344. The molecule has 0 amide bonds. The number of nitrogen functional groups attached to an aromatic ring is 1. The number of aryl methyl sites for hydroxylation is 1. The number of rotatable bonds is 4. The minimum atomic E-state index is -0.755. The van der Waals surface area contributed by atoms with Gasteiger partial charge in [-0.25, -0.2) is 0 Å². The van der Waals surface area contributed by atoms with Crippen LogP contribution in [-0.2, 0) is 0 Å². The first-order valence-corrected chi connectivity index (χ1v) is 5.42. The Morgan fingerprint density at radius 1 is 1.53 bits per heavy atom. The number of aliphatic hydroxyl groups is 2. The third-order valence-corrected chi connectivity index (χ3v) is 2.75. The van der Waals surface area contributed by atoms with Crippen molar-refractivity contribution in [3.05, 3.63) is 22.2 Å². The maximum Gasteiger partial charge on any atom is 0.0942 e. The monoisotopic (exact) mass is 274 g/mol. The van der Waals surface area contributed by atoms with Crippen molar-refractivity contribution in [1.82, 2.24) is 0 Å². The lowest BCUT2D eigenvalue weighted by molar-refractivity contribution is 0.105. The third kappa shape index (κ3) is 3.37. The van der Waals surface area contributed by atoms with Crippen LogP contribution in [0.25, 0.3) is 0 Å². The van der Waals surface area contributed by atoms with Crippen LogP contribution in [0.1, 0.15) is 5.56 Å². The van der Waals surface area contributed by atoms with Crippen molar-refractivity contribution in [3.8, 4) is 0 Å². The molecular weight excluding hydrogens is 260 g/mol. The van der Waals surface area contributed by atoms with E-state index in [0.717, 1.165) is 21.4 Å². The van der Waals surface area contributed by atoms with E-state index in [-0.39, 0.29) is 6.61 Å². The highest BCUT2D eigenvalue weighted by molar-refractivity contribution is 9.10. The van der Waals surface area contributed by atoms with Crippen LogP contribution in [0.3, 0.4) is 0 Å². The molecule has 1 aromatic rings. The smallest absolute Gasteiger partial charge is 0.0942 e. The van der Waals surface area contributed by atoms with Crippen LogP contribution in [0.2, 0.25) is 0 Å². The summed E-state index contributed by atoms with van der Waals surface area (Å²) in [6.45, 7) is 1.96. The Hall–Kier alpha value is -0.780. The summed E-state index contributed by atoms with van der Waals surface area (Å²) in [5.41, 5.74) is 8.27. The van der Waals surface area contributed by atoms with Gasteiger partial charge in [0.05, 0.1) is 12.7 Å². The fourth-order valence-electron chi connectivity index (χ4n) is 1.12. The van der Waals surface area contributed by atoms with E-state index < -0.39 is 6.10 Å². The van der Waals surface area contributed by atoms with Crippen LogP contribution in [0.5, 0.6) is 0 Å². The van der Waals surface area contributed by atoms with Crippen LogP contribution < -0.4 is 11.1 Å². The molecule has 1 unspecified atom stereocenters. The van der Waals surface area contributed by atoms with E-state index in [0.29, 0.717) is 6.54 Å². The number of benzene rings is 1. The fourth-order valence-corrected chi connectivity index (χ4v) is 1.63. The molecule has 1 aromatic carbocycles. The maximum absolute atomic E-state index is 9.18. The summed E-state index contributed by atoms with van der Waals surface area (Å²) in [6.07, 6.45) is -0.755. The number of nitrogens with one attached hydrogen (secondary N) is 1. The zero-order valence-electron chi connectivity index (χ0n) is 8.50. The summed E-state index contributed by atoms with van der Waals surface area (Å²) in [5, 5.41) is 20.9. The first-order chi connectivity index (χ1) is 7.04. The molecule has 0 saturated carbocycles. The molecule has 0 aromatic heterocycles. The molecule has 0 aliphatic heterocycles. The normalized spacial score (nSPS) is 12.5. The molecule has 0 fully saturated rings. The Balaban J connectivity index is 2.73. The summed E-state index contributed by atoms with van der Waals surface area (Å²) in [7, 11) is 0. The molecule has 0 saturated heterocycles. The summed E-state index contributed by atoms with van der Waals surface area (Å²) >= 11 is 3.37. The SMILES string of the molecule is Cc1cc(NCC(O)CO)c(Br)cc1N. The molecular formula is C10H15BrN2O2. The van der Waals surface area contributed by atoms with E-state index in [9.17, 15) is 5.11 Å². The van der Waals surface area contributed by atoms with Crippen molar-refractivity contribution in [2.24, 2.45) is 0 Å². The van der Waals surface area contributed by atoms with E-state index in [4.69, 9.17) is 10.8 Å². The lowest BCUT2D eigenvalue weighted by Crippen LogP contribution is -2.23. The second-order valence-electron chi connectivity index (χ2n) is 3.41. The van der Waals surface area contributed by atoms with Gasteiger partial charge in [-0.3, -0.25) is 0 Å². The first-order valence-electron chi connectivity index (χ1n) is 4.63. The van der Waals surface area contributed by atoms with Crippen molar-refractivity contribution in [1.29, 1.82) is 0 Å². The highest BCUT2D eigenvalue weighted by atomic mass is 79.9. The molecule has 1 atom stereocenters. The number of hydrogen-bond acceptors (Lipinski definition) is 4. The van der Waals surface area contributed by atoms with Crippen LogP contribution in [0.4, 0.5) is 11.4 Å². The van der Waals surface area contributed by atoms with Crippen LogP contribution in [-0.4, -0.2) is 29.5 Å². The molecule has 0 aliphatic rings. The second kappa shape index (κ2) is 5.34. The second-order valence-corrected chi connectivity index (χ2v) is 4.26. The molecule has 0 spiro atoms. The van der Waals surface area contributed by atoms with Crippen molar-refractivity contribution in [2.75, 3.05) is 24.2 Å². The van der Waals surface area contributed by atoms with Gasteiger partial charge in [0.15, 0.2) is 0 Å². The van der Waals surface area contributed by atoms with Gasteiger partial charge in [-0.05, 0) is 40.5 Å². The van der Waals surface area contributed by atoms with Gasteiger partial charge < -0.3 is 21.3 Å². The standard InChI is InChI=1S/C10H15BrN2O2/c1-6-2-10(8(11)3-9(6)12)13-4-7(15)5-14/h2-3,7,13-15H,4-5,12H2,1H3. The first kappa shape index (κ1) is 12.3. The van der Waals surface area contributed by atoms with Crippen LogP contribution in [0, 0.1) is 6.92 Å². The van der Waals surface area contributed by atoms with Crippen molar-refractivity contribution in [3.63, 3.8) is 0 Å². The minimum Gasteiger partial charge on any atom is -0.398 e. The highest BCUT2D eigenvalue weighted by Gasteiger charge is 2.05. The molecule has 5 N–H and O–H groups in total. The van der Waals surface area contributed by atoms with Crippen LogP contribution >= 0.6 is 15.9 Å². The molecule has 0 radical (unpaired) electrons. The number of anilines is 2. The van der Waals surface area contributed by atoms with E-state index in [2.05, 4.69) is 21.2 Å². The molecule has 0 bridgehead atoms. The number of nitrogens with two attached hydrogens (primary N) is 1. The molecule has 1 rings (SSSR count). The average molecular weight is 275 g/mol. The van der Waals surface area contributed by atoms with E-state index in [1.54, 1.807) is 0 Å². The molecule has 0 aliphatic carbocycles. The zero-order chi connectivity index (χ0) is 11.4. The summed E-state index contributed by atoms with van der Waals surface area (Å²) in [4.78, 5) is 0. The molecule has 4 nitrogen and oxygen atoms in total. The van der Waals surface area contributed by atoms with Gasteiger partial charge in [0.1, 0.15) is 0 Å². The molecule has 0 heterocycles. The van der Waals surface area contributed by atoms with Crippen LogP contribution in [0.15, 0.2) is 16.6 Å². The van der Waals surface area contributed by atoms with Gasteiger partial charge in [-0.2, -0.15) is 0 Å². The lowest BCUT2D eigenvalue weighted by Gasteiger charge is -2.13.